The summed E-state index contributed by atoms with van der Waals surface area (Å²) >= 11 is 0. The molecule has 2 rings (SSSR count). The van der Waals surface area contributed by atoms with Crippen LogP contribution in [0.15, 0.2) is 53.5 Å². The van der Waals surface area contributed by atoms with Gasteiger partial charge in [-0.05, 0) is 42.7 Å². The lowest BCUT2D eigenvalue weighted by Gasteiger charge is -2.16. The van der Waals surface area contributed by atoms with Crippen LogP contribution in [0.25, 0.3) is 0 Å². The molecule has 0 aliphatic rings. The van der Waals surface area contributed by atoms with Crippen LogP contribution in [0.3, 0.4) is 0 Å². The minimum atomic E-state index is -0.0694. The zero-order chi connectivity index (χ0) is 21.1. The molecule has 6 nitrogen and oxygen atoms in total. The molecule has 3 N–H and O–H groups in total. The van der Waals surface area contributed by atoms with Crippen molar-refractivity contribution in [1.29, 1.82) is 0 Å². The third-order valence-electron chi connectivity index (χ3n) is 4.66. The van der Waals surface area contributed by atoms with Crippen LogP contribution in [0.4, 0.5) is 0 Å². The fraction of sp³-hybridized carbons (Fsp3) is 0.391. The smallest absolute Gasteiger partial charge is 0.251 e. The highest BCUT2D eigenvalue weighted by atomic mass is 16.5. The Morgan fingerprint density at radius 2 is 1.93 bits per heavy atom. The molecule has 0 fully saturated rings. The van der Waals surface area contributed by atoms with Gasteiger partial charge in [0.25, 0.3) is 5.91 Å². The van der Waals surface area contributed by atoms with E-state index in [1.807, 2.05) is 49.4 Å². The normalized spacial score (nSPS) is 12.2. The van der Waals surface area contributed by atoms with Crippen molar-refractivity contribution < 1.29 is 9.53 Å². The Hall–Kier alpha value is -3.02. The Balaban J connectivity index is 1.95. The van der Waals surface area contributed by atoms with Gasteiger partial charge in [-0.25, -0.2) is 0 Å². The molecule has 0 aliphatic heterocycles. The number of rotatable bonds is 9. The average Bonchev–Trinajstić information content (AvgIpc) is 2.76. The summed E-state index contributed by atoms with van der Waals surface area (Å²) in [4.78, 5) is 16.5. The molecule has 0 heterocycles. The van der Waals surface area contributed by atoms with E-state index in [1.54, 1.807) is 14.2 Å². The summed E-state index contributed by atoms with van der Waals surface area (Å²) in [5.41, 5.74) is 2.94. The van der Waals surface area contributed by atoms with Gasteiger partial charge in [0.1, 0.15) is 5.75 Å². The van der Waals surface area contributed by atoms with E-state index < -0.39 is 0 Å². The Kier molecular flexibility index (Phi) is 9.02. The molecule has 2 aromatic rings. The first kappa shape index (κ1) is 22.3. The molecule has 0 spiro atoms. The maximum Gasteiger partial charge on any atom is 0.251 e. The summed E-state index contributed by atoms with van der Waals surface area (Å²) in [5, 5.41) is 9.32. The second kappa shape index (κ2) is 11.7. The highest BCUT2D eigenvalue weighted by molar-refractivity contribution is 5.94. The van der Waals surface area contributed by atoms with Gasteiger partial charge < -0.3 is 20.7 Å². The summed E-state index contributed by atoms with van der Waals surface area (Å²) in [5.74, 6) is 1.85. The van der Waals surface area contributed by atoms with E-state index in [2.05, 4.69) is 28.9 Å². The molecule has 1 unspecified atom stereocenters. The number of para-hydroxylation sites is 1. The number of guanidine groups is 1. The molecule has 0 saturated carbocycles. The van der Waals surface area contributed by atoms with Gasteiger partial charge in [0, 0.05) is 38.2 Å². The largest absolute Gasteiger partial charge is 0.496 e. The molecular weight excluding hydrogens is 364 g/mol. The molecule has 0 bridgehead atoms. The molecule has 0 radical (unpaired) electrons. The summed E-state index contributed by atoms with van der Waals surface area (Å²) in [6, 6.07) is 15.7. The van der Waals surface area contributed by atoms with E-state index in [1.165, 1.54) is 0 Å². The van der Waals surface area contributed by atoms with Crippen molar-refractivity contribution in [2.75, 3.05) is 33.8 Å². The second-order valence-corrected chi connectivity index (χ2v) is 6.82. The van der Waals surface area contributed by atoms with Crippen LogP contribution in [0.2, 0.25) is 0 Å². The predicted molar refractivity (Wildman–Crippen MR) is 119 cm³/mol. The molecule has 6 heteroatoms. The van der Waals surface area contributed by atoms with Crippen LogP contribution < -0.4 is 20.7 Å². The maximum absolute atomic E-state index is 11.8. The van der Waals surface area contributed by atoms with Gasteiger partial charge in [0.15, 0.2) is 5.96 Å². The number of methoxy groups -OCH3 is 1. The number of amides is 1. The number of benzene rings is 2. The average molecular weight is 397 g/mol. The SMILES string of the molecule is CCNC(=NCC(C)c1ccccc1OC)NCCc1cccc(C(=O)NC)c1. The minimum absolute atomic E-state index is 0.0694. The zero-order valence-corrected chi connectivity index (χ0v) is 17.8. The molecule has 29 heavy (non-hydrogen) atoms. The van der Waals surface area contributed by atoms with Gasteiger partial charge in [-0.1, -0.05) is 37.3 Å². The van der Waals surface area contributed by atoms with Gasteiger partial charge in [-0.3, -0.25) is 9.79 Å². The standard InChI is InChI=1S/C23H32N4O2/c1-5-25-23(27-16-17(2)20-11-6-7-12-21(20)29-4)26-14-13-18-9-8-10-19(15-18)22(28)24-3/h6-12,15,17H,5,13-14,16H2,1-4H3,(H,24,28)(H2,25,26,27). The number of hydrogen-bond donors (Lipinski definition) is 3. The maximum atomic E-state index is 11.8. The van der Waals surface area contributed by atoms with Crippen molar-refractivity contribution in [3.8, 4) is 5.75 Å². The topological polar surface area (TPSA) is 74.8 Å². The Morgan fingerprint density at radius 1 is 1.14 bits per heavy atom. The number of nitrogens with one attached hydrogen (secondary N) is 3. The molecule has 0 aromatic heterocycles. The predicted octanol–water partition coefficient (Wildman–Crippen LogP) is 2.96. The summed E-state index contributed by atoms with van der Waals surface area (Å²) in [7, 11) is 3.33. The summed E-state index contributed by atoms with van der Waals surface area (Å²) in [6.07, 6.45) is 0.803. The van der Waals surface area contributed by atoms with Crippen molar-refractivity contribution in [2.24, 2.45) is 4.99 Å². The molecule has 0 saturated heterocycles. The number of aliphatic imine (C=N–C) groups is 1. The highest BCUT2D eigenvalue weighted by Gasteiger charge is 2.11. The fourth-order valence-corrected chi connectivity index (χ4v) is 3.08. The lowest BCUT2D eigenvalue weighted by molar-refractivity contribution is 0.0963. The minimum Gasteiger partial charge on any atom is -0.496 e. The van der Waals surface area contributed by atoms with Crippen LogP contribution in [0, 0.1) is 0 Å². The van der Waals surface area contributed by atoms with Gasteiger partial charge in [-0.15, -0.1) is 0 Å². The van der Waals surface area contributed by atoms with E-state index in [9.17, 15) is 4.79 Å². The van der Waals surface area contributed by atoms with E-state index in [-0.39, 0.29) is 11.8 Å². The van der Waals surface area contributed by atoms with E-state index in [4.69, 9.17) is 9.73 Å². The molecular formula is C23H32N4O2. The lowest BCUT2D eigenvalue weighted by atomic mass is 10.0. The van der Waals surface area contributed by atoms with Crippen LogP contribution >= 0.6 is 0 Å². The number of carbonyl (C=O) groups excluding carboxylic acids is 1. The van der Waals surface area contributed by atoms with Gasteiger partial charge >= 0.3 is 0 Å². The van der Waals surface area contributed by atoms with Gasteiger partial charge in [-0.2, -0.15) is 0 Å². The first-order valence-corrected chi connectivity index (χ1v) is 10.0. The molecule has 156 valence electrons. The van der Waals surface area contributed by atoms with Gasteiger partial charge in [0.2, 0.25) is 0 Å². The van der Waals surface area contributed by atoms with Crippen molar-refractivity contribution in [3.05, 3.63) is 65.2 Å². The monoisotopic (exact) mass is 396 g/mol. The number of hydrogen-bond acceptors (Lipinski definition) is 3. The van der Waals surface area contributed by atoms with Crippen LogP contribution in [0.5, 0.6) is 5.75 Å². The second-order valence-electron chi connectivity index (χ2n) is 6.82. The van der Waals surface area contributed by atoms with E-state index in [0.717, 1.165) is 42.3 Å². The Bertz CT molecular complexity index is 820. The summed E-state index contributed by atoms with van der Waals surface area (Å²) < 4.78 is 5.46. The van der Waals surface area contributed by atoms with Crippen LogP contribution in [-0.2, 0) is 6.42 Å². The van der Waals surface area contributed by atoms with Crippen molar-refractivity contribution >= 4 is 11.9 Å². The molecule has 1 amide bonds. The highest BCUT2D eigenvalue weighted by Crippen LogP contribution is 2.26. The van der Waals surface area contributed by atoms with Crippen molar-refractivity contribution in [3.63, 3.8) is 0 Å². The first-order chi connectivity index (χ1) is 14.1. The van der Waals surface area contributed by atoms with Crippen molar-refractivity contribution in [1.82, 2.24) is 16.0 Å². The number of carbonyl (C=O) groups is 1. The first-order valence-electron chi connectivity index (χ1n) is 10.0. The Labute approximate surface area is 173 Å². The van der Waals surface area contributed by atoms with Crippen LogP contribution in [0.1, 0.15) is 41.3 Å². The van der Waals surface area contributed by atoms with Gasteiger partial charge in [0.05, 0.1) is 7.11 Å². The third-order valence-corrected chi connectivity index (χ3v) is 4.66. The zero-order valence-electron chi connectivity index (χ0n) is 17.8. The number of ether oxygens (including phenoxy) is 1. The van der Waals surface area contributed by atoms with Crippen molar-refractivity contribution in [2.45, 2.75) is 26.2 Å². The van der Waals surface area contributed by atoms with Crippen LogP contribution in [-0.4, -0.2) is 45.7 Å². The Morgan fingerprint density at radius 3 is 2.66 bits per heavy atom. The quantitative estimate of drug-likeness (QED) is 0.450. The molecule has 0 aliphatic carbocycles. The fourth-order valence-electron chi connectivity index (χ4n) is 3.08. The van der Waals surface area contributed by atoms with E-state index in [0.29, 0.717) is 12.1 Å². The number of nitrogens with zero attached hydrogens (tertiary/aromatic N) is 1. The third kappa shape index (κ3) is 6.82. The van der Waals surface area contributed by atoms with E-state index >= 15 is 0 Å². The molecule has 2 aromatic carbocycles. The molecule has 1 atom stereocenters. The summed E-state index contributed by atoms with van der Waals surface area (Å²) in [6.45, 7) is 6.37. The lowest BCUT2D eigenvalue weighted by Crippen LogP contribution is -2.38.